The van der Waals surface area contributed by atoms with E-state index in [2.05, 4.69) is 27.9 Å². The van der Waals surface area contributed by atoms with Gasteiger partial charge in [-0.05, 0) is 19.8 Å². The van der Waals surface area contributed by atoms with Gasteiger partial charge in [0.05, 0.1) is 33.1 Å². The van der Waals surface area contributed by atoms with Crippen molar-refractivity contribution >= 4 is 5.97 Å². The smallest absolute Gasteiger partial charge is 0.309 e. The van der Waals surface area contributed by atoms with Crippen molar-refractivity contribution in [2.45, 2.75) is 116 Å². The maximum absolute atomic E-state index is 10.8. The summed E-state index contributed by atoms with van der Waals surface area (Å²) >= 11 is 0. The third-order valence-corrected chi connectivity index (χ3v) is 5.75. The lowest BCUT2D eigenvalue weighted by Gasteiger charge is -2.35. The van der Waals surface area contributed by atoms with Crippen molar-refractivity contribution in [3.8, 4) is 0 Å². The van der Waals surface area contributed by atoms with Crippen molar-refractivity contribution in [1.29, 1.82) is 0 Å². The molecule has 0 aromatic rings. The summed E-state index contributed by atoms with van der Waals surface area (Å²) in [5, 5.41) is 8.93. The van der Waals surface area contributed by atoms with E-state index < -0.39 is 5.97 Å². The lowest BCUT2D eigenvalue weighted by atomic mass is 10.0. The van der Waals surface area contributed by atoms with E-state index in [1.165, 1.54) is 89.9 Å². The van der Waals surface area contributed by atoms with E-state index >= 15 is 0 Å². The summed E-state index contributed by atoms with van der Waals surface area (Å²) in [6, 6.07) is 0.194. The van der Waals surface area contributed by atoms with Crippen LogP contribution >= 0.6 is 0 Å². The standard InChI is InChI=1S/C22H45NO2/c1-5-6-7-8-9-10-11-12-13-14-15-16-17-18-19-23(3,4)21(2)20-22(24)25/h21H,5-20H2,1-4H3/p+1. The molecule has 0 aliphatic rings. The molecule has 1 atom stereocenters. The quantitative estimate of drug-likeness (QED) is 0.228. The average molecular weight is 357 g/mol. The molecular weight excluding hydrogens is 310 g/mol. The van der Waals surface area contributed by atoms with Crippen molar-refractivity contribution in [2.75, 3.05) is 20.6 Å². The molecule has 0 aromatic heterocycles. The van der Waals surface area contributed by atoms with E-state index in [4.69, 9.17) is 5.11 Å². The van der Waals surface area contributed by atoms with Crippen molar-refractivity contribution in [2.24, 2.45) is 0 Å². The van der Waals surface area contributed by atoms with Gasteiger partial charge in [-0.2, -0.15) is 0 Å². The van der Waals surface area contributed by atoms with E-state index in [0.29, 0.717) is 0 Å². The Hall–Kier alpha value is -0.570. The molecule has 3 nitrogen and oxygen atoms in total. The van der Waals surface area contributed by atoms with Crippen LogP contribution in [0.4, 0.5) is 0 Å². The maximum Gasteiger partial charge on any atom is 0.309 e. The lowest BCUT2D eigenvalue weighted by molar-refractivity contribution is -0.912. The Bertz CT molecular complexity index is 315. The Morgan fingerprint density at radius 2 is 1.12 bits per heavy atom. The number of carboxylic acid groups (broad SMARTS) is 1. The number of carbonyl (C=O) groups is 1. The largest absolute Gasteiger partial charge is 0.481 e. The SMILES string of the molecule is CCCCCCCCCCCCCCCC[N+](C)(C)C(C)CC(=O)O. The molecule has 0 spiro atoms. The number of nitrogens with zero attached hydrogens (tertiary/aromatic N) is 1. The number of rotatable bonds is 18. The summed E-state index contributed by atoms with van der Waals surface area (Å²) in [5.74, 6) is -0.681. The summed E-state index contributed by atoms with van der Waals surface area (Å²) < 4.78 is 0.824. The highest BCUT2D eigenvalue weighted by molar-refractivity contribution is 5.67. The molecule has 0 radical (unpaired) electrons. The molecule has 150 valence electrons. The molecule has 0 fully saturated rings. The van der Waals surface area contributed by atoms with Gasteiger partial charge in [0.25, 0.3) is 0 Å². The first-order chi connectivity index (χ1) is 11.9. The predicted molar refractivity (Wildman–Crippen MR) is 109 cm³/mol. The Labute approximate surface area is 157 Å². The van der Waals surface area contributed by atoms with Crippen LogP contribution in [0.25, 0.3) is 0 Å². The van der Waals surface area contributed by atoms with E-state index in [-0.39, 0.29) is 12.5 Å². The molecule has 0 heterocycles. The predicted octanol–water partition coefficient (Wildman–Crippen LogP) is 6.41. The van der Waals surface area contributed by atoms with Gasteiger partial charge < -0.3 is 9.59 Å². The minimum Gasteiger partial charge on any atom is -0.481 e. The van der Waals surface area contributed by atoms with Crippen LogP contribution in [-0.4, -0.2) is 42.2 Å². The molecule has 1 N–H and O–H groups in total. The fourth-order valence-electron chi connectivity index (χ4n) is 3.43. The van der Waals surface area contributed by atoms with Gasteiger partial charge in [0.2, 0.25) is 0 Å². The Balaban J connectivity index is 3.37. The topological polar surface area (TPSA) is 37.3 Å². The molecule has 0 saturated carbocycles. The summed E-state index contributed by atoms with van der Waals surface area (Å²) in [6.45, 7) is 5.42. The van der Waals surface area contributed by atoms with E-state index in [9.17, 15) is 4.79 Å². The van der Waals surface area contributed by atoms with Crippen LogP contribution in [0, 0.1) is 0 Å². The van der Waals surface area contributed by atoms with Gasteiger partial charge in [0, 0.05) is 0 Å². The number of hydrogen-bond acceptors (Lipinski definition) is 1. The van der Waals surface area contributed by atoms with Crippen molar-refractivity contribution < 1.29 is 14.4 Å². The van der Waals surface area contributed by atoms with E-state index in [1.807, 2.05) is 0 Å². The highest BCUT2D eigenvalue weighted by Crippen LogP contribution is 2.15. The molecule has 0 rings (SSSR count). The zero-order valence-electron chi connectivity index (χ0n) is 17.7. The minimum absolute atomic E-state index is 0.194. The minimum atomic E-state index is -0.681. The summed E-state index contributed by atoms with van der Waals surface area (Å²) in [7, 11) is 4.33. The lowest BCUT2D eigenvalue weighted by Crippen LogP contribution is -2.48. The first-order valence-corrected chi connectivity index (χ1v) is 10.9. The van der Waals surface area contributed by atoms with Gasteiger partial charge in [-0.15, -0.1) is 0 Å². The summed E-state index contributed by atoms with van der Waals surface area (Å²) in [5.41, 5.74) is 0. The summed E-state index contributed by atoms with van der Waals surface area (Å²) in [4.78, 5) is 10.8. The molecule has 25 heavy (non-hydrogen) atoms. The first kappa shape index (κ1) is 24.4. The zero-order valence-corrected chi connectivity index (χ0v) is 17.7. The second-order valence-corrected chi connectivity index (χ2v) is 8.55. The van der Waals surface area contributed by atoms with Crippen LogP contribution in [0.3, 0.4) is 0 Å². The maximum atomic E-state index is 10.8. The molecule has 0 saturated heterocycles. The Morgan fingerprint density at radius 1 is 0.760 bits per heavy atom. The van der Waals surface area contributed by atoms with Gasteiger partial charge in [-0.3, -0.25) is 4.79 Å². The molecule has 1 unspecified atom stereocenters. The fraction of sp³-hybridized carbons (Fsp3) is 0.955. The third-order valence-electron chi connectivity index (χ3n) is 5.75. The number of quaternary nitrogens is 1. The molecule has 0 aliphatic heterocycles. The van der Waals surface area contributed by atoms with Crippen LogP contribution in [0.15, 0.2) is 0 Å². The van der Waals surface area contributed by atoms with E-state index in [0.717, 1.165) is 11.0 Å². The Kier molecular flexibility index (Phi) is 15.3. The fourth-order valence-corrected chi connectivity index (χ4v) is 3.43. The highest BCUT2D eigenvalue weighted by atomic mass is 16.4. The Morgan fingerprint density at radius 3 is 1.48 bits per heavy atom. The van der Waals surface area contributed by atoms with Gasteiger partial charge in [-0.25, -0.2) is 0 Å². The monoisotopic (exact) mass is 356 g/mol. The van der Waals surface area contributed by atoms with Crippen LogP contribution in [0.5, 0.6) is 0 Å². The molecule has 0 bridgehead atoms. The molecule has 0 aromatic carbocycles. The number of carboxylic acids is 1. The number of unbranched alkanes of at least 4 members (excludes halogenated alkanes) is 13. The third kappa shape index (κ3) is 15.4. The molecule has 3 heteroatoms. The van der Waals surface area contributed by atoms with Crippen molar-refractivity contribution in [3.63, 3.8) is 0 Å². The van der Waals surface area contributed by atoms with Gasteiger partial charge in [0.1, 0.15) is 0 Å². The molecule has 0 aliphatic carbocycles. The van der Waals surface area contributed by atoms with Crippen LogP contribution in [0.2, 0.25) is 0 Å². The number of aliphatic carboxylic acids is 1. The second kappa shape index (κ2) is 15.7. The summed E-state index contributed by atoms with van der Waals surface area (Å²) in [6.07, 6.45) is 19.6. The normalized spacial score (nSPS) is 13.1. The molecular formula is C22H46NO2+. The number of hydrogen-bond donors (Lipinski definition) is 1. The van der Waals surface area contributed by atoms with Crippen LogP contribution < -0.4 is 0 Å². The molecule has 0 amide bonds. The van der Waals surface area contributed by atoms with Gasteiger partial charge in [0.15, 0.2) is 0 Å². The second-order valence-electron chi connectivity index (χ2n) is 8.55. The van der Waals surface area contributed by atoms with Gasteiger partial charge in [-0.1, -0.05) is 84.0 Å². The van der Waals surface area contributed by atoms with Crippen LogP contribution in [0.1, 0.15) is 110 Å². The van der Waals surface area contributed by atoms with Crippen molar-refractivity contribution in [1.82, 2.24) is 0 Å². The zero-order chi connectivity index (χ0) is 19.0. The van der Waals surface area contributed by atoms with Crippen molar-refractivity contribution in [3.05, 3.63) is 0 Å². The van der Waals surface area contributed by atoms with E-state index in [1.54, 1.807) is 0 Å². The average Bonchev–Trinajstić information content (AvgIpc) is 2.54. The van der Waals surface area contributed by atoms with Gasteiger partial charge >= 0.3 is 5.97 Å². The van der Waals surface area contributed by atoms with Crippen LogP contribution in [-0.2, 0) is 4.79 Å². The first-order valence-electron chi connectivity index (χ1n) is 10.9. The highest BCUT2D eigenvalue weighted by Gasteiger charge is 2.25.